The van der Waals surface area contributed by atoms with E-state index in [0.717, 1.165) is 16.7 Å². The number of ether oxygens (including phenoxy) is 6. The van der Waals surface area contributed by atoms with Crippen LogP contribution in [0.2, 0.25) is 0 Å². The van der Waals surface area contributed by atoms with Gasteiger partial charge < -0.3 is 33.7 Å². The van der Waals surface area contributed by atoms with E-state index in [2.05, 4.69) is 5.32 Å². The molecule has 8 nitrogen and oxygen atoms in total. The van der Waals surface area contributed by atoms with E-state index in [1.807, 2.05) is 42.5 Å². The monoisotopic (exact) mass is 505 g/mol. The van der Waals surface area contributed by atoms with Crippen LogP contribution < -0.4 is 33.7 Å². The van der Waals surface area contributed by atoms with Crippen molar-refractivity contribution in [3.05, 3.63) is 71.3 Å². The first kappa shape index (κ1) is 27.0. The largest absolute Gasteiger partial charge is 0.495 e. The van der Waals surface area contributed by atoms with Crippen LogP contribution >= 0.6 is 0 Å². The summed E-state index contributed by atoms with van der Waals surface area (Å²) in [5, 5.41) is 2.85. The van der Waals surface area contributed by atoms with Gasteiger partial charge in [0.15, 0.2) is 23.0 Å². The molecule has 1 N–H and O–H groups in total. The van der Waals surface area contributed by atoms with E-state index in [1.54, 1.807) is 66.9 Å². The minimum absolute atomic E-state index is 0.297. The molecule has 0 radical (unpaired) electrons. The number of anilines is 1. The Balaban J connectivity index is 1.75. The smallest absolute Gasteiger partial charge is 0.248 e. The molecule has 194 valence electrons. The van der Waals surface area contributed by atoms with Gasteiger partial charge in [-0.1, -0.05) is 24.3 Å². The average Bonchev–Trinajstić information content (AvgIpc) is 2.94. The maximum absolute atomic E-state index is 12.5. The molecule has 0 saturated heterocycles. The summed E-state index contributed by atoms with van der Waals surface area (Å²) in [4.78, 5) is 12.5. The van der Waals surface area contributed by atoms with E-state index in [-0.39, 0.29) is 5.91 Å². The Bertz CT molecular complexity index is 1270. The molecule has 3 aromatic carbocycles. The van der Waals surface area contributed by atoms with Crippen LogP contribution in [0.5, 0.6) is 34.5 Å². The zero-order valence-corrected chi connectivity index (χ0v) is 21.8. The highest BCUT2D eigenvalue weighted by Gasteiger charge is 2.12. The van der Waals surface area contributed by atoms with E-state index in [9.17, 15) is 4.79 Å². The molecule has 0 aliphatic rings. The van der Waals surface area contributed by atoms with Gasteiger partial charge in [0.05, 0.1) is 48.3 Å². The second kappa shape index (κ2) is 12.9. The summed E-state index contributed by atoms with van der Waals surface area (Å²) < 4.78 is 32.2. The summed E-state index contributed by atoms with van der Waals surface area (Å²) in [6.45, 7) is 0. The summed E-state index contributed by atoms with van der Waals surface area (Å²) in [5.74, 6) is 3.10. The first-order valence-electron chi connectivity index (χ1n) is 11.3. The molecule has 1 amide bonds. The van der Waals surface area contributed by atoms with Crippen molar-refractivity contribution in [2.45, 2.75) is 0 Å². The van der Waals surface area contributed by atoms with E-state index >= 15 is 0 Å². The lowest BCUT2D eigenvalue weighted by atomic mass is 10.1. The minimum atomic E-state index is -0.297. The van der Waals surface area contributed by atoms with Crippen molar-refractivity contribution in [2.75, 3.05) is 48.0 Å². The highest BCUT2D eigenvalue weighted by Crippen LogP contribution is 2.38. The van der Waals surface area contributed by atoms with Crippen molar-refractivity contribution in [3.63, 3.8) is 0 Å². The lowest BCUT2D eigenvalue weighted by Crippen LogP contribution is -2.09. The number of amides is 1. The molecule has 3 aromatic rings. The Kier molecular flexibility index (Phi) is 9.43. The van der Waals surface area contributed by atoms with Crippen molar-refractivity contribution in [2.24, 2.45) is 0 Å². The molecule has 0 aromatic heterocycles. The molecule has 0 heterocycles. The summed E-state index contributed by atoms with van der Waals surface area (Å²) in [6, 6.07) is 14.6. The quantitative estimate of drug-likeness (QED) is 0.270. The number of nitrogens with one attached hydrogen (secondary N) is 1. The zero-order valence-electron chi connectivity index (χ0n) is 21.8. The molecular weight excluding hydrogens is 474 g/mol. The summed E-state index contributed by atoms with van der Waals surface area (Å²) >= 11 is 0. The number of carbonyl (C=O) groups is 1. The molecular formula is C29H31NO7. The SMILES string of the molecule is COc1cc(C=Cc2cc(OC)c(OC)c(OC)c2)ccc1NC(=O)/C=C/c1ccc(OC)c(OC)c1. The zero-order chi connectivity index (χ0) is 26.8. The van der Waals surface area contributed by atoms with Gasteiger partial charge in [0.1, 0.15) is 5.75 Å². The van der Waals surface area contributed by atoms with Gasteiger partial charge in [0.25, 0.3) is 0 Å². The number of benzene rings is 3. The molecule has 8 heteroatoms. The lowest BCUT2D eigenvalue weighted by Gasteiger charge is -2.13. The Morgan fingerprint density at radius 2 is 1.08 bits per heavy atom. The topological polar surface area (TPSA) is 84.5 Å². The van der Waals surface area contributed by atoms with E-state index in [0.29, 0.717) is 40.2 Å². The van der Waals surface area contributed by atoms with Crippen LogP contribution in [0.1, 0.15) is 16.7 Å². The van der Waals surface area contributed by atoms with Crippen molar-refractivity contribution >= 4 is 29.8 Å². The van der Waals surface area contributed by atoms with Crippen LogP contribution in [0.4, 0.5) is 5.69 Å². The summed E-state index contributed by atoms with van der Waals surface area (Å²) in [6.07, 6.45) is 6.98. The second-order valence-electron chi connectivity index (χ2n) is 7.69. The van der Waals surface area contributed by atoms with E-state index in [4.69, 9.17) is 28.4 Å². The third-order valence-electron chi connectivity index (χ3n) is 5.47. The third kappa shape index (κ3) is 6.76. The van der Waals surface area contributed by atoms with E-state index < -0.39 is 0 Å². The molecule has 0 spiro atoms. The highest BCUT2D eigenvalue weighted by atomic mass is 16.5. The fourth-order valence-electron chi connectivity index (χ4n) is 3.61. The van der Waals surface area contributed by atoms with Crippen LogP contribution in [0.25, 0.3) is 18.2 Å². The van der Waals surface area contributed by atoms with Crippen molar-refractivity contribution in [1.82, 2.24) is 0 Å². The maximum Gasteiger partial charge on any atom is 0.248 e. The van der Waals surface area contributed by atoms with Crippen LogP contribution in [0.3, 0.4) is 0 Å². The number of methoxy groups -OCH3 is 6. The van der Waals surface area contributed by atoms with Gasteiger partial charge in [-0.25, -0.2) is 0 Å². The van der Waals surface area contributed by atoms with Crippen molar-refractivity contribution in [1.29, 1.82) is 0 Å². The van der Waals surface area contributed by atoms with Gasteiger partial charge in [-0.3, -0.25) is 4.79 Å². The predicted octanol–water partition coefficient (Wildman–Crippen LogP) is 5.56. The number of hydrogen-bond donors (Lipinski definition) is 1. The molecule has 37 heavy (non-hydrogen) atoms. The Morgan fingerprint density at radius 3 is 1.68 bits per heavy atom. The van der Waals surface area contributed by atoms with Gasteiger partial charge in [0, 0.05) is 6.08 Å². The number of carbonyl (C=O) groups excluding carboxylic acids is 1. The average molecular weight is 506 g/mol. The summed E-state index contributed by atoms with van der Waals surface area (Å²) in [7, 11) is 9.40. The molecule has 3 rings (SSSR count). The van der Waals surface area contributed by atoms with Gasteiger partial charge in [-0.2, -0.15) is 0 Å². The predicted molar refractivity (Wildman–Crippen MR) is 145 cm³/mol. The Hall–Kier alpha value is -4.59. The molecule has 0 aliphatic carbocycles. The maximum atomic E-state index is 12.5. The van der Waals surface area contributed by atoms with Gasteiger partial charge in [-0.05, 0) is 59.2 Å². The lowest BCUT2D eigenvalue weighted by molar-refractivity contribution is -0.111. The van der Waals surface area contributed by atoms with Crippen molar-refractivity contribution in [3.8, 4) is 34.5 Å². The fraction of sp³-hybridized carbons (Fsp3) is 0.207. The molecule has 0 unspecified atom stereocenters. The van der Waals surface area contributed by atoms with Gasteiger partial charge in [0.2, 0.25) is 11.7 Å². The summed E-state index contributed by atoms with van der Waals surface area (Å²) in [5.41, 5.74) is 3.09. The molecule has 0 saturated carbocycles. The molecule has 0 bridgehead atoms. The molecule has 0 atom stereocenters. The van der Waals surface area contributed by atoms with E-state index in [1.165, 1.54) is 6.08 Å². The highest BCUT2D eigenvalue weighted by molar-refractivity contribution is 6.03. The van der Waals surface area contributed by atoms with Crippen molar-refractivity contribution < 1.29 is 33.2 Å². The number of hydrogen-bond acceptors (Lipinski definition) is 7. The first-order chi connectivity index (χ1) is 18.0. The van der Waals surface area contributed by atoms with Gasteiger partial charge in [-0.15, -0.1) is 0 Å². The first-order valence-corrected chi connectivity index (χ1v) is 11.3. The standard InChI is InChI=1S/C29H31NO7/c1-32-23-13-10-20(16-25(23)34-3)11-14-28(31)30-22-12-9-19(15-24(22)33-2)7-8-21-17-26(35-4)29(37-6)27(18-21)36-5/h7-18H,1-6H3,(H,30,31)/b8-7?,14-11+. The molecule has 0 fully saturated rings. The second-order valence-corrected chi connectivity index (χ2v) is 7.69. The van der Waals surface area contributed by atoms with Crippen LogP contribution in [0.15, 0.2) is 54.6 Å². The van der Waals surface area contributed by atoms with Crippen LogP contribution in [0, 0.1) is 0 Å². The molecule has 0 aliphatic heterocycles. The van der Waals surface area contributed by atoms with Crippen LogP contribution in [-0.4, -0.2) is 48.6 Å². The fourth-order valence-corrected chi connectivity index (χ4v) is 3.61. The minimum Gasteiger partial charge on any atom is -0.495 e. The number of rotatable bonds is 11. The normalized spacial score (nSPS) is 10.9. The van der Waals surface area contributed by atoms with Gasteiger partial charge >= 0.3 is 0 Å². The Morgan fingerprint density at radius 1 is 0.568 bits per heavy atom. The Labute approximate surface area is 217 Å². The third-order valence-corrected chi connectivity index (χ3v) is 5.47. The van der Waals surface area contributed by atoms with Crippen LogP contribution in [-0.2, 0) is 4.79 Å².